The molecule has 0 amide bonds. The molecule has 0 saturated heterocycles. The van der Waals surface area contributed by atoms with Crippen molar-refractivity contribution >= 4 is 11.6 Å². The molecule has 0 fully saturated rings. The number of nitrogens with zero attached hydrogens (tertiary/aromatic N) is 1. The van der Waals surface area contributed by atoms with Crippen molar-refractivity contribution in [1.29, 1.82) is 0 Å². The lowest BCUT2D eigenvalue weighted by Gasteiger charge is -2.11. The van der Waals surface area contributed by atoms with Crippen LogP contribution in [0.1, 0.15) is 17.0 Å². The summed E-state index contributed by atoms with van der Waals surface area (Å²) in [6.07, 6.45) is 0. The monoisotopic (exact) mass is 277 g/mol. The van der Waals surface area contributed by atoms with E-state index in [1.54, 1.807) is 7.11 Å². The van der Waals surface area contributed by atoms with Gasteiger partial charge in [-0.1, -0.05) is 6.07 Å². The van der Waals surface area contributed by atoms with Crippen LogP contribution in [0.15, 0.2) is 36.4 Å². The molecule has 4 heteroatoms. The molecular weight excluding hydrogens is 262 g/mol. The van der Waals surface area contributed by atoms with Crippen molar-refractivity contribution in [2.75, 3.05) is 7.11 Å². The normalized spacial score (nSPS) is 10.3. The third-order valence-corrected chi connectivity index (χ3v) is 3.02. The second kappa shape index (κ2) is 6.43. The van der Waals surface area contributed by atoms with E-state index in [1.807, 2.05) is 43.3 Å². The zero-order chi connectivity index (χ0) is 13.7. The maximum Gasteiger partial charge on any atom is 0.130 e. The van der Waals surface area contributed by atoms with Gasteiger partial charge in [-0.15, -0.1) is 11.6 Å². The Balaban J connectivity index is 2.11. The Kier molecular flexibility index (Phi) is 4.63. The first-order chi connectivity index (χ1) is 9.22. The van der Waals surface area contributed by atoms with E-state index < -0.39 is 0 Å². The Morgan fingerprint density at radius 1 is 1.21 bits per heavy atom. The van der Waals surface area contributed by atoms with E-state index in [0.29, 0.717) is 12.5 Å². The first kappa shape index (κ1) is 13.7. The van der Waals surface area contributed by atoms with Crippen LogP contribution < -0.4 is 9.47 Å². The summed E-state index contributed by atoms with van der Waals surface area (Å²) in [5, 5.41) is 0. The molecule has 3 nitrogen and oxygen atoms in total. The quantitative estimate of drug-likeness (QED) is 0.781. The maximum atomic E-state index is 5.92. The zero-order valence-electron chi connectivity index (χ0n) is 11.0. The van der Waals surface area contributed by atoms with Gasteiger partial charge in [0, 0.05) is 11.3 Å². The van der Waals surface area contributed by atoms with Crippen LogP contribution >= 0.6 is 11.6 Å². The van der Waals surface area contributed by atoms with Gasteiger partial charge in [0.2, 0.25) is 0 Å². The number of hydrogen-bond acceptors (Lipinski definition) is 3. The maximum absolute atomic E-state index is 5.92. The molecule has 0 atom stereocenters. The molecule has 100 valence electrons. The first-order valence-corrected chi connectivity index (χ1v) is 6.54. The van der Waals surface area contributed by atoms with Gasteiger partial charge in [-0.25, -0.2) is 0 Å². The minimum atomic E-state index is 0.383. The number of aryl methyl sites for hydroxylation is 1. The highest BCUT2D eigenvalue weighted by molar-refractivity contribution is 6.17. The molecule has 0 aliphatic carbocycles. The minimum absolute atomic E-state index is 0.383. The van der Waals surface area contributed by atoms with Gasteiger partial charge in [0.25, 0.3) is 0 Å². The molecule has 0 N–H and O–H groups in total. The summed E-state index contributed by atoms with van der Waals surface area (Å²) >= 11 is 5.92. The van der Waals surface area contributed by atoms with Crippen LogP contribution in [0.2, 0.25) is 0 Å². The molecule has 2 rings (SSSR count). The number of benzene rings is 1. The molecule has 0 radical (unpaired) electrons. The molecule has 2 aromatic rings. The van der Waals surface area contributed by atoms with Crippen LogP contribution in [0.3, 0.4) is 0 Å². The largest absolute Gasteiger partial charge is 0.497 e. The fraction of sp³-hybridized carbons (Fsp3) is 0.267. The first-order valence-electron chi connectivity index (χ1n) is 6.01. The number of alkyl halides is 1. The van der Waals surface area contributed by atoms with E-state index in [2.05, 4.69) is 4.98 Å². The van der Waals surface area contributed by atoms with Gasteiger partial charge in [-0.05, 0) is 37.3 Å². The van der Waals surface area contributed by atoms with Crippen molar-refractivity contribution in [1.82, 2.24) is 4.98 Å². The Hall–Kier alpha value is -1.74. The van der Waals surface area contributed by atoms with Crippen LogP contribution in [0.5, 0.6) is 11.5 Å². The van der Waals surface area contributed by atoms with Gasteiger partial charge >= 0.3 is 0 Å². The summed E-state index contributed by atoms with van der Waals surface area (Å²) < 4.78 is 10.9. The van der Waals surface area contributed by atoms with E-state index in [9.17, 15) is 0 Å². The van der Waals surface area contributed by atoms with Crippen molar-refractivity contribution in [3.05, 3.63) is 53.3 Å². The number of pyridine rings is 1. The fourth-order valence-electron chi connectivity index (χ4n) is 1.76. The topological polar surface area (TPSA) is 31.4 Å². The Bertz CT molecular complexity index is 558. The number of methoxy groups -OCH3 is 1. The molecule has 1 aromatic heterocycles. The Morgan fingerprint density at radius 2 is 2.05 bits per heavy atom. The third-order valence-electron chi connectivity index (χ3n) is 2.73. The highest BCUT2D eigenvalue weighted by Crippen LogP contribution is 2.26. The summed E-state index contributed by atoms with van der Waals surface area (Å²) in [5.41, 5.74) is 2.79. The molecule has 0 bridgehead atoms. The Morgan fingerprint density at radius 3 is 2.74 bits per heavy atom. The predicted molar refractivity (Wildman–Crippen MR) is 75.9 cm³/mol. The summed E-state index contributed by atoms with van der Waals surface area (Å²) in [7, 11) is 1.63. The molecular formula is C15H16ClNO2. The van der Waals surface area contributed by atoms with Crippen LogP contribution in [0, 0.1) is 6.92 Å². The smallest absolute Gasteiger partial charge is 0.130 e. The molecule has 1 aromatic carbocycles. The van der Waals surface area contributed by atoms with Crippen molar-refractivity contribution in [3.63, 3.8) is 0 Å². The van der Waals surface area contributed by atoms with E-state index in [4.69, 9.17) is 21.1 Å². The minimum Gasteiger partial charge on any atom is -0.497 e. The number of halogens is 1. The highest BCUT2D eigenvalue weighted by Gasteiger charge is 2.05. The van der Waals surface area contributed by atoms with Crippen molar-refractivity contribution in [2.45, 2.75) is 19.4 Å². The fourth-order valence-corrected chi connectivity index (χ4v) is 1.97. The predicted octanol–water partition coefficient (Wildman–Crippen LogP) is 3.72. The van der Waals surface area contributed by atoms with Crippen molar-refractivity contribution < 1.29 is 9.47 Å². The van der Waals surface area contributed by atoms with E-state index in [0.717, 1.165) is 28.5 Å². The molecule has 0 aliphatic heterocycles. The molecule has 0 aliphatic rings. The lowest BCUT2D eigenvalue weighted by Crippen LogP contribution is -2.01. The average Bonchev–Trinajstić information content (AvgIpc) is 2.45. The molecule has 0 saturated carbocycles. The van der Waals surface area contributed by atoms with Gasteiger partial charge < -0.3 is 9.47 Å². The van der Waals surface area contributed by atoms with E-state index >= 15 is 0 Å². The lowest BCUT2D eigenvalue weighted by molar-refractivity contribution is 0.298. The van der Waals surface area contributed by atoms with Gasteiger partial charge in [0.05, 0.1) is 18.7 Å². The number of hydrogen-bond donors (Lipinski definition) is 0. The summed E-state index contributed by atoms with van der Waals surface area (Å²) in [6.45, 7) is 2.39. The van der Waals surface area contributed by atoms with Gasteiger partial charge in [0.1, 0.15) is 18.1 Å². The van der Waals surface area contributed by atoms with Gasteiger partial charge in [-0.3, -0.25) is 4.98 Å². The van der Waals surface area contributed by atoms with Crippen molar-refractivity contribution in [3.8, 4) is 11.5 Å². The molecule has 1 heterocycles. The number of ether oxygens (including phenoxy) is 2. The van der Waals surface area contributed by atoms with E-state index in [-0.39, 0.29) is 0 Å². The SMILES string of the molecule is COc1ccc(OCc2cccc(C)n2)c(CCl)c1. The van der Waals surface area contributed by atoms with Gasteiger partial charge in [-0.2, -0.15) is 0 Å². The van der Waals surface area contributed by atoms with Crippen LogP contribution in [-0.4, -0.2) is 12.1 Å². The summed E-state index contributed by atoms with van der Waals surface area (Å²) in [6, 6.07) is 11.5. The number of rotatable bonds is 5. The third kappa shape index (κ3) is 3.61. The van der Waals surface area contributed by atoms with Crippen LogP contribution in [0.4, 0.5) is 0 Å². The lowest BCUT2D eigenvalue weighted by atomic mass is 10.2. The highest BCUT2D eigenvalue weighted by atomic mass is 35.5. The van der Waals surface area contributed by atoms with Crippen LogP contribution in [-0.2, 0) is 12.5 Å². The molecule has 0 spiro atoms. The molecule has 0 unspecified atom stereocenters. The summed E-state index contributed by atoms with van der Waals surface area (Å²) in [4.78, 5) is 4.39. The standard InChI is InChI=1S/C15H16ClNO2/c1-11-4-3-5-13(17-11)10-19-15-7-6-14(18-2)8-12(15)9-16/h3-8H,9-10H2,1-2H3. The Labute approximate surface area is 118 Å². The van der Waals surface area contributed by atoms with Crippen molar-refractivity contribution in [2.24, 2.45) is 0 Å². The average molecular weight is 278 g/mol. The molecule has 19 heavy (non-hydrogen) atoms. The summed E-state index contributed by atoms with van der Waals surface area (Å²) in [5.74, 6) is 1.92. The second-order valence-corrected chi connectivity index (χ2v) is 4.43. The van der Waals surface area contributed by atoms with Gasteiger partial charge in [0.15, 0.2) is 0 Å². The number of aromatic nitrogens is 1. The van der Waals surface area contributed by atoms with E-state index in [1.165, 1.54) is 0 Å². The second-order valence-electron chi connectivity index (χ2n) is 4.17. The zero-order valence-corrected chi connectivity index (χ0v) is 11.8. The van der Waals surface area contributed by atoms with Crippen LogP contribution in [0.25, 0.3) is 0 Å².